The van der Waals surface area contributed by atoms with Crippen molar-refractivity contribution in [3.8, 4) is 0 Å². The molecule has 0 bridgehead atoms. The highest BCUT2D eigenvalue weighted by molar-refractivity contribution is 5.95. The van der Waals surface area contributed by atoms with Crippen molar-refractivity contribution in [2.24, 2.45) is 0 Å². The fraction of sp³-hybridized carbons (Fsp3) is 0.538. The first kappa shape index (κ1) is 15.9. The summed E-state index contributed by atoms with van der Waals surface area (Å²) in [4.78, 5) is 36.0. The van der Waals surface area contributed by atoms with E-state index in [-0.39, 0.29) is 11.3 Å². The van der Waals surface area contributed by atoms with E-state index in [1.54, 1.807) is 0 Å². The van der Waals surface area contributed by atoms with Crippen LogP contribution in [0.25, 0.3) is 0 Å². The Balaban J connectivity index is 3.12. The molecule has 1 aromatic heterocycles. The zero-order valence-electron chi connectivity index (χ0n) is 12.1. The predicted octanol–water partition coefficient (Wildman–Crippen LogP) is 0.589. The maximum Gasteiger partial charge on any atom is 0.329 e. The van der Waals surface area contributed by atoms with Gasteiger partial charge in [0, 0.05) is 19.7 Å². The third-order valence-corrected chi connectivity index (χ3v) is 3.19. The lowest BCUT2D eigenvalue weighted by Gasteiger charge is -2.31. The SMILES string of the molecule is CCCn1nc(C(=O)N(C)C(C)(C)C(=O)O)ccc1=O. The lowest BCUT2D eigenvalue weighted by Crippen LogP contribution is -2.51. The number of aryl methyl sites for hydroxylation is 1. The number of hydrogen-bond donors (Lipinski definition) is 1. The van der Waals surface area contributed by atoms with Gasteiger partial charge < -0.3 is 10.0 Å². The Bertz CT molecular complexity index is 577. The number of amides is 1. The van der Waals surface area contributed by atoms with Crippen LogP contribution in [-0.4, -0.2) is 44.3 Å². The van der Waals surface area contributed by atoms with Gasteiger partial charge in [-0.3, -0.25) is 9.59 Å². The number of likely N-dealkylation sites (N-methyl/N-ethyl adjacent to an activating group) is 1. The quantitative estimate of drug-likeness (QED) is 0.852. The van der Waals surface area contributed by atoms with E-state index < -0.39 is 17.4 Å². The Labute approximate surface area is 116 Å². The first-order valence-corrected chi connectivity index (χ1v) is 6.31. The average molecular weight is 281 g/mol. The second kappa shape index (κ2) is 5.85. The average Bonchev–Trinajstić information content (AvgIpc) is 2.39. The number of aliphatic carboxylic acids is 1. The Morgan fingerprint density at radius 2 is 2.00 bits per heavy atom. The fourth-order valence-corrected chi connectivity index (χ4v) is 1.50. The molecule has 0 saturated carbocycles. The second-order valence-electron chi connectivity index (χ2n) is 5.01. The third kappa shape index (κ3) is 3.04. The zero-order valence-corrected chi connectivity index (χ0v) is 12.1. The van der Waals surface area contributed by atoms with E-state index >= 15 is 0 Å². The highest BCUT2D eigenvalue weighted by Gasteiger charge is 2.36. The number of carbonyl (C=O) groups excluding carboxylic acids is 1. The molecule has 7 nitrogen and oxygen atoms in total. The Hall–Kier alpha value is -2.18. The van der Waals surface area contributed by atoms with E-state index in [0.717, 1.165) is 4.90 Å². The lowest BCUT2D eigenvalue weighted by molar-refractivity contribution is -0.147. The number of aromatic nitrogens is 2. The van der Waals surface area contributed by atoms with Crippen LogP contribution in [0.4, 0.5) is 0 Å². The van der Waals surface area contributed by atoms with Gasteiger partial charge in [-0.25, -0.2) is 9.48 Å². The Kier molecular flexibility index (Phi) is 4.65. The second-order valence-corrected chi connectivity index (χ2v) is 5.01. The van der Waals surface area contributed by atoms with Gasteiger partial charge in [0.2, 0.25) is 0 Å². The molecule has 0 spiro atoms. The highest BCUT2D eigenvalue weighted by atomic mass is 16.4. The van der Waals surface area contributed by atoms with Gasteiger partial charge in [-0.1, -0.05) is 6.92 Å². The fourth-order valence-electron chi connectivity index (χ4n) is 1.50. The molecule has 0 unspecified atom stereocenters. The van der Waals surface area contributed by atoms with E-state index in [1.165, 1.54) is 37.7 Å². The van der Waals surface area contributed by atoms with Crippen molar-refractivity contribution in [2.45, 2.75) is 39.3 Å². The highest BCUT2D eigenvalue weighted by Crippen LogP contribution is 2.15. The zero-order chi connectivity index (χ0) is 15.5. The summed E-state index contributed by atoms with van der Waals surface area (Å²) in [7, 11) is 1.40. The lowest BCUT2D eigenvalue weighted by atomic mass is 10.0. The molecule has 0 aliphatic heterocycles. The molecule has 1 aromatic rings. The van der Waals surface area contributed by atoms with E-state index in [0.29, 0.717) is 13.0 Å². The molecule has 0 aliphatic rings. The summed E-state index contributed by atoms with van der Waals surface area (Å²) in [5.74, 6) is -1.66. The topological polar surface area (TPSA) is 92.5 Å². The van der Waals surface area contributed by atoms with Crippen LogP contribution >= 0.6 is 0 Å². The van der Waals surface area contributed by atoms with Gasteiger partial charge in [0.1, 0.15) is 11.2 Å². The van der Waals surface area contributed by atoms with Gasteiger partial charge in [0.25, 0.3) is 11.5 Å². The Morgan fingerprint density at radius 1 is 1.40 bits per heavy atom. The molecule has 110 valence electrons. The number of nitrogens with zero attached hydrogens (tertiary/aromatic N) is 3. The molecule has 0 aliphatic carbocycles. The van der Waals surface area contributed by atoms with Crippen molar-refractivity contribution in [3.63, 3.8) is 0 Å². The minimum Gasteiger partial charge on any atom is -0.480 e. The van der Waals surface area contributed by atoms with Crippen LogP contribution in [0.2, 0.25) is 0 Å². The summed E-state index contributed by atoms with van der Waals surface area (Å²) in [6, 6.07) is 2.57. The molecule has 20 heavy (non-hydrogen) atoms. The van der Waals surface area contributed by atoms with Crippen molar-refractivity contribution in [1.82, 2.24) is 14.7 Å². The predicted molar refractivity (Wildman–Crippen MR) is 72.6 cm³/mol. The summed E-state index contributed by atoms with van der Waals surface area (Å²) in [6.07, 6.45) is 0.709. The maximum atomic E-state index is 12.2. The molecular formula is C13H19N3O4. The monoisotopic (exact) mass is 281 g/mol. The molecule has 0 saturated heterocycles. The largest absolute Gasteiger partial charge is 0.480 e. The van der Waals surface area contributed by atoms with Crippen molar-refractivity contribution in [3.05, 3.63) is 28.2 Å². The third-order valence-electron chi connectivity index (χ3n) is 3.19. The summed E-state index contributed by atoms with van der Waals surface area (Å²) >= 11 is 0. The van der Waals surface area contributed by atoms with Crippen LogP contribution in [0, 0.1) is 0 Å². The van der Waals surface area contributed by atoms with E-state index in [9.17, 15) is 14.4 Å². The van der Waals surface area contributed by atoms with Crippen LogP contribution in [0.3, 0.4) is 0 Å². The molecule has 0 aromatic carbocycles. The normalized spacial score (nSPS) is 11.2. The summed E-state index contributed by atoms with van der Waals surface area (Å²) in [5.41, 5.74) is -1.59. The first-order valence-electron chi connectivity index (χ1n) is 6.31. The van der Waals surface area contributed by atoms with Crippen LogP contribution in [-0.2, 0) is 11.3 Å². The van der Waals surface area contributed by atoms with Gasteiger partial charge in [-0.15, -0.1) is 0 Å². The van der Waals surface area contributed by atoms with Crippen molar-refractivity contribution < 1.29 is 14.7 Å². The van der Waals surface area contributed by atoms with Gasteiger partial charge in [-0.2, -0.15) is 5.10 Å². The number of carboxylic acids is 1. The van der Waals surface area contributed by atoms with Crippen LogP contribution < -0.4 is 5.56 Å². The summed E-state index contributed by atoms with van der Waals surface area (Å²) in [6.45, 7) is 5.15. The summed E-state index contributed by atoms with van der Waals surface area (Å²) < 4.78 is 1.20. The van der Waals surface area contributed by atoms with E-state index in [2.05, 4.69) is 5.10 Å². The standard InChI is InChI=1S/C13H19N3O4/c1-5-8-16-10(17)7-6-9(14-16)11(18)15(4)13(2,3)12(19)20/h6-7H,5,8H2,1-4H3,(H,19,20). The smallest absolute Gasteiger partial charge is 0.329 e. The minimum atomic E-state index is -1.36. The van der Waals surface area contributed by atoms with Crippen LogP contribution in [0.1, 0.15) is 37.7 Å². The number of hydrogen-bond acceptors (Lipinski definition) is 4. The molecule has 1 heterocycles. The number of carbonyl (C=O) groups is 2. The van der Waals surface area contributed by atoms with E-state index in [4.69, 9.17) is 5.11 Å². The molecule has 0 atom stereocenters. The molecule has 0 fully saturated rings. The van der Waals surface area contributed by atoms with E-state index in [1.807, 2.05) is 6.92 Å². The molecule has 1 rings (SSSR count). The van der Waals surface area contributed by atoms with Gasteiger partial charge in [-0.05, 0) is 26.3 Å². The minimum absolute atomic E-state index is 0.0508. The molecular weight excluding hydrogens is 262 g/mol. The van der Waals surface area contributed by atoms with Gasteiger partial charge >= 0.3 is 5.97 Å². The number of rotatable bonds is 5. The Morgan fingerprint density at radius 3 is 2.50 bits per heavy atom. The van der Waals surface area contributed by atoms with Gasteiger partial charge in [0.05, 0.1) is 0 Å². The number of carboxylic acid groups (broad SMARTS) is 1. The van der Waals surface area contributed by atoms with Gasteiger partial charge in [0.15, 0.2) is 0 Å². The molecule has 0 radical (unpaired) electrons. The van der Waals surface area contributed by atoms with Crippen LogP contribution in [0.5, 0.6) is 0 Å². The first-order chi connectivity index (χ1) is 9.21. The van der Waals surface area contributed by atoms with Crippen molar-refractivity contribution in [2.75, 3.05) is 7.05 Å². The maximum absolute atomic E-state index is 12.2. The molecule has 1 N–H and O–H groups in total. The van der Waals surface area contributed by atoms with Crippen molar-refractivity contribution in [1.29, 1.82) is 0 Å². The molecule has 7 heteroatoms. The molecule has 1 amide bonds. The van der Waals surface area contributed by atoms with Crippen LogP contribution in [0.15, 0.2) is 16.9 Å². The van der Waals surface area contributed by atoms with Crippen molar-refractivity contribution >= 4 is 11.9 Å². The summed E-state index contributed by atoms with van der Waals surface area (Å²) in [5, 5.41) is 13.1.